The average Bonchev–Trinajstić information content (AvgIpc) is 2.93. The zero-order valence-corrected chi connectivity index (χ0v) is 11.5. The summed E-state index contributed by atoms with van der Waals surface area (Å²) in [4.78, 5) is 8.39. The second-order valence-electron chi connectivity index (χ2n) is 4.54. The van der Waals surface area contributed by atoms with Gasteiger partial charge >= 0.3 is 0 Å². The van der Waals surface area contributed by atoms with Crippen LogP contribution >= 0.6 is 11.3 Å². The van der Waals surface area contributed by atoms with Crippen molar-refractivity contribution in [3.05, 3.63) is 59.4 Å². The summed E-state index contributed by atoms with van der Waals surface area (Å²) in [5.74, 6) is 0. The van der Waals surface area contributed by atoms with E-state index in [0.29, 0.717) is 6.04 Å². The van der Waals surface area contributed by atoms with Gasteiger partial charge in [-0.3, -0.25) is 4.98 Å². The summed E-state index contributed by atoms with van der Waals surface area (Å²) in [5, 5.41) is 3.52. The van der Waals surface area contributed by atoms with Crippen molar-refractivity contribution < 1.29 is 0 Å². The molecular weight excluding hydrogens is 254 g/mol. The highest BCUT2D eigenvalue weighted by atomic mass is 32.1. The van der Waals surface area contributed by atoms with E-state index in [1.807, 2.05) is 30.0 Å². The topological polar surface area (TPSA) is 37.8 Å². The third kappa shape index (κ3) is 2.80. The summed E-state index contributed by atoms with van der Waals surface area (Å²) in [6, 6.07) is 10.9. The van der Waals surface area contributed by atoms with Gasteiger partial charge in [-0.05, 0) is 42.3 Å². The summed E-state index contributed by atoms with van der Waals surface area (Å²) in [6.07, 6.45) is 3.66. The fourth-order valence-electron chi connectivity index (χ4n) is 2.05. The molecule has 0 bridgehead atoms. The number of nitrogens with zero attached hydrogens (tertiary/aromatic N) is 2. The summed E-state index contributed by atoms with van der Waals surface area (Å²) in [6.45, 7) is 3.01. The minimum atomic E-state index is 0.314. The van der Waals surface area contributed by atoms with Gasteiger partial charge in [0.2, 0.25) is 0 Å². The summed E-state index contributed by atoms with van der Waals surface area (Å²) >= 11 is 1.68. The molecule has 1 aromatic carbocycles. The van der Waals surface area contributed by atoms with Crippen molar-refractivity contribution in [1.82, 2.24) is 15.3 Å². The Kier molecular flexibility index (Phi) is 3.53. The maximum Gasteiger partial charge on any atom is 0.0815 e. The van der Waals surface area contributed by atoms with Gasteiger partial charge in [0.25, 0.3) is 0 Å². The van der Waals surface area contributed by atoms with Crippen molar-refractivity contribution in [1.29, 1.82) is 0 Å². The Labute approximate surface area is 116 Å². The smallest absolute Gasteiger partial charge is 0.0815 e. The third-order valence-corrected chi connectivity index (χ3v) is 4.02. The van der Waals surface area contributed by atoms with Crippen LogP contribution < -0.4 is 5.32 Å². The van der Waals surface area contributed by atoms with E-state index < -0.39 is 0 Å². The monoisotopic (exact) mass is 269 g/mol. The van der Waals surface area contributed by atoms with Gasteiger partial charge in [-0.1, -0.05) is 6.07 Å². The van der Waals surface area contributed by atoms with Crippen LogP contribution in [0.5, 0.6) is 0 Å². The fourth-order valence-corrected chi connectivity index (χ4v) is 2.71. The van der Waals surface area contributed by atoms with Crippen LogP contribution in [0.25, 0.3) is 10.2 Å². The molecule has 0 fully saturated rings. The molecule has 3 rings (SSSR count). The molecule has 4 heteroatoms. The largest absolute Gasteiger partial charge is 0.306 e. The van der Waals surface area contributed by atoms with E-state index in [1.54, 1.807) is 11.3 Å². The van der Waals surface area contributed by atoms with Crippen LogP contribution in [0.4, 0.5) is 0 Å². The van der Waals surface area contributed by atoms with Crippen LogP contribution in [0.2, 0.25) is 0 Å². The Balaban J connectivity index is 1.68. The highest BCUT2D eigenvalue weighted by Crippen LogP contribution is 2.19. The molecule has 0 amide bonds. The standard InChI is InChI=1S/C15H15N3S/c1-11(13-4-6-16-7-5-13)17-9-12-2-3-15-14(8-12)18-10-19-15/h2-8,10-11,17H,9H2,1H3. The van der Waals surface area contributed by atoms with E-state index in [2.05, 4.69) is 40.4 Å². The van der Waals surface area contributed by atoms with Gasteiger partial charge in [0.05, 0.1) is 15.7 Å². The van der Waals surface area contributed by atoms with E-state index in [1.165, 1.54) is 15.8 Å². The van der Waals surface area contributed by atoms with Gasteiger partial charge in [-0.2, -0.15) is 0 Å². The predicted octanol–water partition coefficient (Wildman–Crippen LogP) is 3.54. The number of hydrogen-bond acceptors (Lipinski definition) is 4. The molecule has 2 aromatic heterocycles. The van der Waals surface area contributed by atoms with Crippen LogP contribution in [0.3, 0.4) is 0 Å². The minimum Gasteiger partial charge on any atom is -0.306 e. The van der Waals surface area contributed by atoms with E-state index in [0.717, 1.165) is 12.1 Å². The number of aromatic nitrogens is 2. The Morgan fingerprint density at radius 3 is 2.89 bits per heavy atom. The van der Waals surface area contributed by atoms with Crippen LogP contribution in [-0.2, 0) is 6.54 Å². The van der Waals surface area contributed by atoms with Crippen LogP contribution in [-0.4, -0.2) is 9.97 Å². The normalized spacial score (nSPS) is 12.7. The molecule has 0 spiro atoms. The maximum atomic E-state index is 4.35. The number of nitrogens with one attached hydrogen (secondary N) is 1. The second-order valence-corrected chi connectivity index (χ2v) is 5.42. The van der Waals surface area contributed by atoms with Crippen molar-refractivity contribution in [2.45, 2.75) is 19.5 Å². The average molecular weight is 269 g/mol. The van der Waals surface area contributed by atoms with E-state index in [-0.39, 0.29) is 0 Å². The van der Waals surface area contributed by atoms with Crippen molar-refractivity contribution in [2.24, 2.45) is 0 Å². The lowest BCUT2D eigenvalue weighted by molar-refractivity contribution is 0.574. The first-order valence-corrected chi connectivity index (χ1v) is 7.16. The molecule has 1 unspecified atom stereocenters. The van der Waals surface area contributed by atoms with Gasteiger partial charge < -0.3 is 5.32 Å². The molecule has 2 heterocycles. The van der Waals surface area contributed by atoms with Gasteiger partial charge in [0.1, 0.15) is 0 Å². The van der Waals surface area contributed by atoms with Crippen LogP contribution in [0.1, 0.15) is 24.1 Å². The first-order chi connectivity index (χ1) is 9.33. The van der Waals surface area contributed by atoms with Gasteiger partial charge in [-0.15, -0.1) is 11.3 Å². The minimum absolute atomic E-state index is 0.314. The molecule has 1 atom stereocenters. The number of benzene rings is 1. The van der Waals surface area contributed by atoms with E-state index >= 15 is 0 Å². The number of hydrogen-bond donors (Lipinski definition) is 1. The van der Waals surface area contributed by atoms with Crippen LogP contribution in [0, 0.1) is 0 Å². The SMILES string of the molecule is CC(NCc1ccc2scnc2c1)c1ccncc1. The Morgan fingerprint density at radius 1 is 1.21 bits per heavy atom. The Hall–Kier alpha value is -1.78. The first-order valence-electron chi connectivity index (χ1n) is 6.28. The van der Waals surface area contributed by atoms with E-state index in [9.17, 15) is 0 Å². The molecule has 0 saturated heterocycles. The Bertz CT molecular complexity index is 663. The Morgan fingerprint density at radius 2 is 2.05 bits per heavy atom. The van der Waals surface area contributed by atoms with Crippen molar-refractivity contribution in [3.63, 3.8) is 0 Å². The lowest BCUT2D eigenvalue weighted by Gasteiger charge is -2.14. The van der Waals surface area contributed by atoms with Crippen molar-refractivity contribution in [3.8, 4) is 0 Å². The molecule has 3 nitrogen and oxygen atoms in total. The quantitative estimate of drug-likeness (QED) is 0.787. The molecule has 0 saturated carbocycles. The molecular formula is C15H15N3S. The summed E-state index contributed by atoms with van der Waals surface area (Å²) in [5.41, 5.74) is 5.49. The summed E-state index contributed by atoms with van der Waals surface area (Å²) in [7, 11) is 0. The molecule has 0 aliphatic rings. The van der Waals surface area contributed by atoms with Crippen molar-refractivity contribution in [2.75, 3.05) is 0 Å². The molecule has 3 aromatic rings. The molecule has 0 radical (unpaired) electrons. The molecule has 19 heavy (non-hydrogen) atoms. The lowest BCUT2D eigenvalue weighted by Crippen LogP contribution is -2.17. The number of fused-ring (bicyclic) bond motifs is 1. The van der Waals surface area contributed by atoms with Gasteiger partial charge in [0.15, 0.2) is 0 Å². The second kappa shape index (κ2) is 5.47. The predicted molar refractivity (Wildman–Crippen MR) is 79.1 cm³/mol. The zero-order valence-electron chi connectivity index (χ0n) is 10.7. The zero-order chi connectivity index (χ0) is 13.1. The third-order valence-electron chi connectivity index (χ3n) is 3.21. The van der Waals surface area contributed by atoms with Gasteiger partial charge in [0, 0.05) is 25.0 Å². The molecule has 1 N–H and O–H groups in total. The molecule has 96 valence electrons. The molecule has 0 aliphatic heterocycles. The van der Waals surface area contributed by atoms with Gasteiger partial charge in [-0.25, -0.2) is 4.98 Å². The highest BCUT2D eigenvalue weighted by Gasteiger charge is 2.05. The first kappa shape index (κ1) is 12.3. The lowest BCUT2D eigenvalue weighted by atomic mass is 10.1. The summed E-state index contributed by atoms with van der Waals surface area (Å²) < 4.78 is 1.24. The number of thiazole rings is 1. The highest BCUT2D eigenvalue weighted by molar-refractivity contribution is 7.16. The van der Waals surface area contributed by atoms with Crippen molar-refractivity contribution >= 4 is 21.6 Å². The fraction of sp³-hybridized carbons (Fsp3) is 0.200. The molecule has 0 aliphatic carbocycles. The number of rotatable bonds is 4. The van der Waals surface area contributed by atoms with E-state index in [4.69, 9.17) is 0 Å². The maximum absolute atomic E-state index is 4.35. The van der Waals surface area contributed by atoms with Crippen LogP contribution in [0.15, 0.2) is 48.2 Å². The number of pyridine rings is 1.